The molecule has 0 aliphatic carbocycles. The van der Waals surface area contributed by atoms with Crippen LogP contribution in [0.2, 0.25) is 5.02 Å². The highest BCUT2D eigenvalue weighted by atomic mass is 35.5. The number of hydrogen-bond acceptors (Lipinski definition) is 1. The molecule has 1 aromatic heterocycles. The van der Waals surface area contributed by atoms with Crippen molar-refractivity contribution in [1.82, 2.24) is 10.3 Å². The third kappa shape index (κ3) is 1.83. The first-order valence-electron chi connectivity index (χ1n) is 5.58. The van der Waals surface area contributed by atoms with Crippen molar-refractivity contribution in [3.63, 3.8) is 0 Å². The van der Waals surface area contributed by atoms with E-state index in [1.807, 2.05) is 19.2 Å². The molecule has 0 saturated carbocycles. The van der Waals surface area contributed by atoms with E-state index in [-0.39, 0.29) is 0 Å². The second-order valence-corrected chi connectivity index (χ2v) is 4.77. The SMILES string of the molecule is CNCc1[nH]c2c(Cl)cccc2c1C(C)C. The minimum Gasteiger partial charge on any atom is -0.356 e. The first-order chi connectivity index (χ1) is 7.65. The van der Waals surface area contributed by atoms with Gasteiger partial charge in [0.1, 0.15) is 0 Å². The average Bonchev–Trinajstić information content (AvgIpc) is 2.58. The van der Waals surface area contributed by atoms with Crippen LogP contribution >= 0.6 is 11.6 Å². The molecule has 0 aliphatic rings. The molecule has 2 N–H and O–H groups in total. The molecule has 3 heteroatoms. The van der Waals surface area contributed by atoms with Crippen LogP contribution in [-0.2, 0) is 6.54 Å². The van der Waals surface area contributed by atoms with Crippen LogP contribution in [0.5, 0.6) is 0 Å². The van der Waals surface area contributed by atoms with Crippen molar-refractivity contribution in [1.29, 1.82) is 0 Å². The highest BCUT2D eigenvalue weighted by Crippen LogP contribution is 2.32. The van der Waals surface area contributed by atoms with Crippen molar-refractivity contribution in [2.24, 2.45) is 0 Å². The highest BCUT2D eigenvalue weighted by molar-refractivity contribution is 6.35. The molecule has 0 fully saturated rings. The minimum atomic E-state index is 0.496. The molecule has 0 unspecified atom stereocenters. The largest absolute Gasteiger partial charge is 0.356 e. The van der Waals surface area contributed by atoms with E-state index in [0.29, 0.717) is 5.92 Å². The van der Waals surface area contributed by atoms with Crippen LogP contribution in [-0.4, -0.2) is 12.0 Å². The molecular formula is C13H17ClN2. The molecule has 16 heavy (non-hydrogen) atoms. The van der Waals surface area contributed by atoms with E-state index in [0.717, 1.165) is 17.1 Å². The lowest BCUT2D eigenvalue weighted by Gasteiger charge is -2.07. The predicted molar refractivity (Wildman–Crippen MR) is 70.2 cm³/mol. The summed E-state index contributed by atoms with van der Waals surface area (Å²) in [6, 6.07) is 6.06. The molecule has 2 nitrogen and oxygen atoms in total. The zero-order valence-electron chi connectivity index (χ0n) is 9.89. The molecule has 0 bridgehead atoms. The Labute approximate surface area is 101 Å². The molecule has 0 aliphatic heterocycles. The maximum atomic E-state index is 6.20. The van der Waals surface area contributed by atoms with Gasteiger partial charge in [0.25, 0.3) is 0 Å². The summed E-state index contributed by atoms with van der Waals surface area (Å²) in [6.07, 6.45) is 0. The first-order valence-corrected chi connectivity index (χ1v) is 5.96. The van der Waals surface area contributed by atoms with Gasteiger partial charge in [-0.3, -0.25) is 0 Å². The highest BCUT2D eigenvalue weighted by Gasteiger charge is 2.14. The number of halogens is 1. The fourth-order valence-electron chi connectivity index (χ4n) is 2.23. The first kappa shape index (κ1) is 11.5. The summed E-state index contributed by atoms with van der Waals surface area (Å²) >= 11 is 6.20. The van der Waals surface area contributed by atoms with Crippen molar-refractivity contribution in [2.45, 2.75) is 26.3 Å². The van der Waals surface area contributed by atoms with Gasteiger partial charge in [0, 0.05) is 17.6 Å². The Kier molecular flexibility index (Phi) is 3.22. The van der Waals surface area contributed by atoms with Gasteiger partial charge in [-0.1, -0.05) is 37.6 Å². The predicted octanol–water partition coefficient (Wildman–Crippen LogP) is 3.66. The van der Waals surface area contributed by atoms with Crippen molar-refractivity contribution in [2.75, 3.05) is 7.05 Å². The Morgan fingerprint density at radius 2 is 2.12 bits per heavy atom. The van der Waals surface area contributed by atoms with Gasteiger partial charge >= 0.3 is 0 Å². The second-order valence-electron chi connectivity index (χ2n) is 4.36. The van der Waals surface area contributed by atoms with Gasteiger partial charge in [0.15, 0.2) is 0 Å². The van der Waals surface area contributed by atoms with E-state index in [4.69, 9.17) is 11.6 Å². The van der Waals surface area contributed by atoms with Crippen LogP contribution in [0.3, 0.4) is 0 Å². The van der Waals surface area contributed by atoms with E-state index in [2.05, 4.69) is 30.2 Å². The minimum absolute atomic E-state index is 0.496. The number of aromatic nitrogens is 1. The van der Waals surface area contributed by atoms with E-state index >= 15 is 0 Å². The summed E-state index contributed by atoms with van der Waals surface area (Å²) in [5.74, 6) is 0.496. The van der Waals surface area contributed by atoms with Crippen molar-refractivity contribution >= 4 is 22.5 Å². The standard InChI is InChI=1S/C13H17ClN2/c1-8(2)12-9-5-4-6-10(14)13(9)16-11(12)7-15-3/h4-6,8,15-16H,7H2,1-3H3. The van der Waals surface area contributed by atoms with Crippen LogP contribution in [0.15, 0.2) is 18.2 Å². The molecule has 0 radical (unpaired) electrons. The van der Waals surface area contributed by atoms with Gasteiger partial charge in [0.2, 0.25) is 0 Å². The summed E-state index contributed by atoms with van der Waals surface area (Å²) in [5.41, 5.74) is 3.66. The molecule has 1 heterocycles. The van der Waals surface area contributed by atoms with Crippen molar-refractivity contribution in [3.8, 4) is 0 Å². The lowest BCUT2D eigenvalue weighted by molar-refractivity contribution is 0.765. The molecule has 86 valence electrons. The smallest absolute Gasteiger partial charge is 0.0648 e. The maximum Gasteiger partial charge on any atom is 0.0648 e. The summed E-state index contributed by atoms with van der Waals surface area (Å²) in [6.45, 7) is 5.27. The van der Waals surface area contributed by atoms with E-state index < -0.39 is 0 Å². The normalized spacial score (nSPS) is 11.6. The van der Waals surface area contributed by atoms with Gasteiger partial charge in [0.05, 0.1) is 10.5 Å². The van der Waals surface area contributed by atoms with Crippen LogP contribution < -0.4 is 5.32 Å². The third-order valence-corrected chi connectivity index (χ3v) is 3.15. The monoisotopic (exact) mass is 236 g/mol. The Morgan fingerprint density at radius 1 is 1.38 bits per heavy atom. The Morgan fingerprint density at radius 3 is 2.75 bits per heavy atom. The summed E-state index contributed by atoms with van der Waals surface area (Å²) in [4.78, 5) is 3.42. The average molecular weight is 237 g/mol. The second kappa shape index (κ2) is 4.48. The van der Waals surface area contributed by atoms with Crippen molar-refractivity contribution in [3.05, 3.63) is 34.5 Å². The zero-order valence-corrected chi connectivity index (χ0v) is 10.7. The molecule has 2 rings (SSSR count). The van der Waals surface area contributed by atoms with E-state index in [1.165, 1.54) is 16.6 Å². The number of H-pyrrole nitrogens is 1. The fourth-order valence-corrected chi connectivity index (χ4v) is 2.45. The van der Waals surface area contributed by atoms with Crippen LogP contribution in [0.4, 0.5) is 0 Å². The Balaban J connectivity index is 2.70. The van der Waals surface area contributed by atoms with Gasteiger partial charge < -0.3 is 10.3 Å². The number of aromatic amines is 1. The molecular weight excluding hydrogens is 220 g/mol. The van der Waals surface area contributed by atoms with E-state index in [9.17, 15) is 0 Å². The van der Waals surface area contributed by atoms with Crippen LogP contribution in [0, 0.1) is 0 Å². The lowest BCUT2D eigenvalue weighted by atomic mass is 9.99. The summed E-state index contributed by atoms with van der Waals surface area (Å²) in [7, 11) is 1.96. The number of hydrogen-bond donors (Lipinski definition) is 2. The maximum absolute atomic E-state index is 6.20. The number of nitrogens with one attached hydrogen (secondary N) is 2. The molecule has 0 amide bonds. The summed E-state index contributed by atoms with van der Waals surface area (Å²) < 4.78 is 0. The Bertz CT molecular complexity index is 500. The molecule has 1 aromatic carbocycles. The third-order valence-electron chi connectivity index (χ3n) is 2.84. The topological polar surface area (TPSA) is 27.8 Å². The Hall–Kier alpha value is -0.990. The lowest BCUT2D eigenvalue weighted by Crippen LogP contribution is -2.07. The number of benzene rings is 1. The van der Waals surface area contributed by atoms with Crippen molar-refractivity contribution < 1.29 is 0 Å². The molecule has 2 aromatic rings. The van der Waals surface area contributed by atoms with Gasteiger partial charge in [-0.25, -0.2) is 0 Å². The van der Waals surface area contributed by atoms with Crippen LogP contribution in [0.25, 0.3) is 10.9 Å². The summed E-state index contributed by atoms with van der Waals surface area (Å²) in [5, 5.41) is 5.22. The zero-order chi connectivity index (χ0) is 11.7. The number of fused-ring (bicyclic) bond motifs is 1. The molecule has 0 spiro atoms. The number of rotatable bonds is 3. The van der Waals surface area contributed by atoms with Gasteiger partial charge in [-0.05, 0) is 24.6 Å². The van der Waals surface area contributed by atoms with Gasteiger partial charge in [-0.2, -0.15) is 0 Å². The van der Waals surface area contributed by atoms with Crippen LogP contribution in [0.1, 0.15) is 31.0 Å². The fraction of sp³-hybridized carbons (Fsp3) is 0.385. The molecule has 0 saturated heterocycles. The number of para-hydroxylation sites is 1. The molecule has 0 atom stereocenters. The van der Waals surface area contributed by atoms with Gasteiger partial charge in [-0.15, -0.1) is 0 Å². The quantitative estimate of drug-likeness (QED) is 0.836. The van der Waals surface area contributed by atoms with E-state index in [1.54, 1.807) is 0 Å².